The fourth-order valence-electron chi connectivity index (χ4n) is 2.44. The van der Waals surface area contributed by atoms with Gasteiger partial charge in [-0.15, -0.1) is 0 Å². The van der Waals surface area contributed by atoms with Gasteiger partial charge in [0.25, 0.3) is 5.69 Å². The van der Waals surface area contributed by atoms with Crippen LogP contribution in [-0.4, -0.2) is 31.7 Å². The lowest BCUT2D eigenvalue weighted by molar-refractivity contribution is -0.384. The van der Waals surface area contributed by atoms with Gasteiger partial charge in [-0.05, 0) is 30.7 Å². The van der Waals surface area contributed by atoms with Crippen LogP contribution >= 0.6 is 23.2 Å². The van der Waals surface area contributed by atoms with E-state index in [1.807, 2.05) is 19.1 Å². The van der Waals surface area contributed by atoms with Gasteiger partial charge >= 0.3 is 0 Å². The highest BCUT2D eigenvalue weighted by Crippen LogP contribution is 2.36. The zero-order valence-corrected chi connectivity index (χ0v) is 16.6. The molecule has 0 unspecified atom stereocenters. The predicted octanol–water partition coefficient (Wildman–Crippen LogP) is 4.51. The molecule has 0 aliphatic rings. The van der Waals surface area contributed by atoms with Crippen molar-refractivity contribution < 1.29 is 14.4 Å². The van der Waals surface area contributed by atoms with E-state index < -0.39 is 4.92 Å². The molecule has 9 heteroatoms. The van der Waals surface area contributed by atoms with Crippen LogP contribution in [0.2, 0.25) is 10.0 Å². The molecule has 27 heavy (non-hydrogen) atoms. The standard InChI is InChI=1S/C18H21Cl2N3O4/c1-3-27-18-15(20)8-12(9-17(18)26-2)11-21-6-7-22-16-5-4-13(23(24)25)10-14(16)19/h4-5,8-10,21-22H,3,6-7,11H2,1-2H3. The summed E-state index contributed by atoms with van der Waals surface area (Å²) in [5, 5.41) is 18.0. The van der Waals surface area contributed by atoms with Crippen LogP contribution in [0.25, 0.3) is 0 Å². The summed E-state index contributed by atoms with van der Waals surface area (Å²) in [6, 6.07) is 8.05. The van der Waals surface area contributed by atoms with Gasteiger partial charge in [0, 0.05) is 31.8 Å². The highest BCUT2D eigenvalue weighted by atomic mass is 35.5. The molecule has 0 radical (unpaired) electrons. The number of rotatable bonds is 10. The molecular formula is C18H21Cl2N3O4. The molecule has 2 aromatic rings. The summed E-state index contributed by atoms with van der Waals surface area (Å²) in [7, 11) is 1.57. The van der Waals surface area contributed by atoms with Gasteiger partial charge in [0.15, 0.2) is 11.5 Å². The highest BCUT2D eigenvalue weighted by Gasteiger charge is 2.12. The van der Waals surface area contributed by atoms with Gasteiger partial charge in [0.2, 0.25) is 0 Å². The average molecular weight is 414 g/mol. The normalized spacial score (nSPS) is 10.5. The van der Waals surface area contributed by atoms with E-state index in [-0.39, 0.29) is 5.69 Å². The lowest BCUT2D eigenvalue weighted by atomic mass is 10.2. The van der Waals surface area contributed by atoms with E-state index in [1.165, 1.54) is 12.1 Å². The monoisotopic (exact) mass is 413 g/mol. The van der Waals surface area contributed by atoms with E-state index in [1.54, 1.807) is 13.2 Å². The molecule has 0 heterocycles. The lowest BCUT2D eigenvalue weighted by Crippen LogP contribution is -2.22. The van der Waals surface area contributed by atoms with Crippen LogP contribution in [0, 0.1) is 10.1 Å². The number of nitro benzene ring substituents is 1. The first-order chi connectivity index (χ1) is 13.0. The molecular weight excluding hydrogens is 393 g/mol. The van der Waals surface area contributed by atoms with E-state index in [2.05, 4.69) is 10.6 Å². The maximum absolute atomic E-state index is 10.7. The van der Waals surface area contributed by atoms with Gasteiger partial charge in [0.05, 0.1) is 34.4 Å². The molecule has 0 amide bonds. The Morgan fingerprint density at radius 1 is 1.15 bits per heavy atom. The van der Waals surface area contributed by atoms with Crippen LogP contribution in [0.1, 0.15) is 12.5 Å². The molecule has 146 valence electrons. The Morgan fingerprint density at radius 3 is 2.56 bits per heavy atom. The van der Waals surface area contributed by atoms with Gasteiger partial charge in [-0.2, -0.15) is 0 Å². The van der Waals surface area contributed by atoms with E-state index in [0.717, 1.165) is 5.56 Å². The molecule has 0 bridgehead atoms. The molecule has 2 aromatic carbocycles. The maximum Gasteiger partial charge on any atom is 0.271 e. The van der Waals surface area contributed by atoms with Crippen molar-refractivity contribution in [3.05, 3.63) is 56.1 Å². The van der Waals surface area contributed by atoms with Crippen molar-refractivity contribution in [3.8, 4) is 11.5 Å². The second-order valence-electron chi connectivity index (χ2n) is 5.57. The summed E-state index contributed by atoms with van der Waals surface area (Å²) in [6.45, 7) is 4.23. The van der Waals surface area contributed by atoms with Crippen molar-refractivity contribution in [1.29, 1.82) is 0 Å². The van der Waals surface area contributed by atoms with Gasteiger partial charge in [-0.1, -0.05) is 23.2 Å². The maximum atomic E-state index is 10.7. The number of ether oxygens (including phenoxy) is 2. The average Bonchev–Trinajstić information content (AvgIpc) is 2.64. The summed E-state index contributed by atoms with van der Waals surface area (Å²) < 4.78 is 10.8. The summed E-state index contributed by atoms with van der Waals surface area (Å²) in [6.07, 6.45) is 0. The van der Waals surface area contributed by atoms with Crippen molar-refractivity contribution in [2.45, 2.75) is 13.5 Å². The Labute approximate surface area is 167 Å². The number of methoxy groups -OCH3 is 1. The summed E-state index contributed by atoms with van der Waals surface area (Å²) in [5.41, 5.74) is 1.58. The molecule has 0 aliphatic heterocycles. The topological polar surface area (TPSA) is 85.7 Å². The van der Waals surface area contributed by atoms with Crippen molar-refractivity contribution in [3.63, 3.8) is 0 Å². The van der Waals surface area contributed by atoms with E-state index in [0.29, 0.717) is 53.5 Å². The van der Waals surface area contributed by atoms with E-state index >= 15 is 0 Å². The molecule has 2 N–H and O–H groups in total. The lowest BCUT2D eigenvalue weighted by Gasteiger charge is -2.14. The van der Waals surface area contributed by atoms with Crippen LogP contribution in [0.5, 0.6) is 11.5 Å². The first-order valence-electron chi connectivity index (χ1n) is 8.34. The Bertz CT molecular complexity index is 802. The van der Waals surface area contributed by atoms with E-state index in [4.69, 9.17) is 32.7 Å². The van der Waals surface area contributed by atoms with E-state index in [9.17, 15) is 10.1 Å². The largest absolute Gasteiger partial charge is 0.493 e. The first kappa shape index (κ1) is 21.1. The van der Waals surface area contributed by atoms with Crippen LogP contribution in [0.15, 0.2) is 30.3 Å². The molecule has 0 aromatic heterocycles. The number of anilines is 1. The van der Waals surface area contributed by atoms with Crippen molar-refractivity contribution in [2.75, 3.05) is 32.1 Å². The molecule has 2 rings (SSSR count). The van der Waals surface area contributed by atoms with Gasteiger partial charge in [-0.25, -0.2) is 0 Å². The third-order valence-electron chi connectivity index (χ3n) is 3.69. The zero-order valence-electron chi connectivity index (χ0n) is 15.1. The molecule has 0 atom stereocenters. The number of hydrogen-bond donors (Lipinski definition) is 2. The third kappa shape index (κ3) is 5.89. The molecule has 0 saturated heterocycles. The smallest absolute Gasteiger partial charge is 0.271 e. The zero-order chi connectivity index (χ0) is 19.8. The number of nitro groups is 1. The van der Waals surface area contributed by atoms with Gasteiger partial charge in [0.1, 0.15) is 0 Å². The fourth-order valence-corrected chi connectivity index (χ4v) is 2.97. The number of nitrogens with zero attached hydrogens (tertiary/aromatic N) is 1. The SMILES string of the molecule is CCOc1c(Cl)cc(CNCCNc2ccc([N+](=O)[O-])cc2Cl)cc1OC. The molecule has 0 saturated carbocycles. The Hall–Kier alpha value is -2.22. The predicted molar refractivity (Wildman–Crippen MR) is 107 cm³/mol. The van der Waals surface area contributed by atoms with Crippen LogP contribution < -0.4 is 20.1 Å². The number of benzene rings is 2. The number of hydrogen-bond acceptors (Lipinski definition) is 6. The quantitative estimate of drug-likeness (QED) is 0.338. The van der Waals surface area contributed by atoms with Gasteiger partial charge < -0.3 is 20.1 Å². The fraction of sp³-hybridized carbons (Fsp3) is 0.333. The number of halogens is 2. The first-order valence-corrected chi connectivity index (χ1v) is 9.09. The summed E-state index contributed by atoms with van der Waals surface area (Å²) in [5.74, 6) is 1.14. The second-order valence-corrected chi connectivity index (χ2v) is 6.38. The molecule has 0 aliphatic carbocycles. The second kappa shape index (κ2) is 10.2. The number of nitrogens with one attached hydrogen (secondary N) is 2. The number of non-ortho nitro benzene ring substituents is 1. The molecule has 7 nitrogen and oxygen atoms in total. The van der Waals surface area contributed by atoms with Crippen molar-refractivity contribution in [1.82, 2.24) is 5.32 Å². The summed E-state index contributed by atoms with van der Waals surface area (Å²) in [4.78, 5) is 10.2. The Balaban J connectivity index is 1.85. The van der Waals surface area contributed by atoms with Crippen LogP contribution in [-0.2, 0) is 6.54 Å². The van der Waals surface area contributed by atoms with Gasteiger partial charge in [-0.3, -0.25) is 10.1 Å². The van der Waals surface area contributed by atoms with Crippen LogP contribution in [0.3, 0.4) is 0 Å². The minimum Gasteiger partial charge on any atom is -0.493 e. The highest BCUT2D eigenvalue weighted by molar-refractivity contribution is 6.33. The Morgan fingerprint density at radius 2 is 1.93 bits per heavy atom. The van der Waals surface area contributed by atoms with Crippen molar-refractivity contribution in [2.24, 2.45) is 0 Å². The Kier molecular flexibility index (Phi) is 7.97. The van der Waals surface area contributed by atoms with Crippen LogP contribution in [0.4, 0.5) is 11.4 Å². The third-order valence-corrected chi connectivity index (χ3v) is 4.28. The summed E-state index contributed by atoms with van der Waals surface area (Å²) >= 11 is 12.3. The molecule has 0 spiro atoms. The minimum absolute atomic E-state index is 0.0370. The van der Waals surface area contributed by atoms with Crippen molar-refractivity contribution >= 4 is 34.6 Å². The molecule has 0 fully saturated rings. The minimum atomic E-state index is -0.479.